The molecular weight excluding hydrogens is 250 g/mol. The van der Waals surface area contributed by atoms with Gasteiger partial charge in [0, 0.05) is 17.1 Å². The molecule has 1 aromatic carbocycles. The molecule has 1 heterocycles. The summed E-state index contributed by atoms with van der Waals surface area (Å²) in [5.74, 6) is 2.61. The third-order valence-corrected chi connectivity index (χ3v) is 4.46. The minimum atomic E-state index is 0.529. The molecule has 2 rings (SSSR count). The molecule has 0 saturated carbocycles. The Morgan fingerprint density at radius 1 is 1.41 bits per heavy atom. The van der Waals surface area contributed by atoms with E-state index in [1.54, 1.807) is 0 Å². The molecule has 94 valence electrons. The number of hydrogen-bond donors (Lipinski definition) is 1. The fourth-order valence-corrected chi connectivity index (χ4v) is 3.66. The van der Waals surface area contributed by atoms with Crippen LogP contribution in [0.25, 0.3) is 0 Å². The molecule has 0 spiro atoms. The molecule has 0 bridgehead atoms. The molecule has 17 heavy (non-hydrogen) atoms. The highest BCUT2D eigenvalue weighted by atomic mass is 35.5. The summed E-state index contributed by atoms with van der Waals surface area (Å²) < 4.78 is 0. The summed E-state index contributed by atoms with van der Waals surface area (Å²) in [6.07, 6.45) is 3.68. The molecule has 0 aromatic heterocycles. The molecule has 1 aliphatic heterocycles. The highest BCUT2D eigenvalue weighted by molar-refractivity contribution is 7.99. The van der Waals surface area contributed by atoms with Gasteiger partial charge in [-0.2, -0.15) is 11.8 Å². The maximum Gasteiger partial charge on any atom is 0.0408 e. The molecular formula is C14H20ClNS. The van der Waals surface area contributed by atoms with Gasteiger partial charge in [-0.3, -0.25) is 0 Å². The van der Waals surface area contributed by atoms with E-state index in [4.69, 9.17) is 11.6 Å². The lowest BCUT2D eigenvalue weighted by Crippen LogP contribution is -2.39. The average molecular weight is 270 g/mol. The normalized spacial score (nSPS) is 19.2. The van der Waals surface area contributed by atoms with Gasteiger partial charge in [-0.25, -0.2) is 0 Å². The van der Waals surface area contributed by atoms with Crippen LogP contribution in [0.15, 0.2) is 24.3 Å². The molecule has 0 aliphatic carbocycles. The largest absolute Gasteiger partial charge is 0.311 e. The highest BCUT2D eigenvalue weighted by Crippen LogP contribution is 2.18. The van der Waals surface area contributed by atoms with Gasteiger partial charge in [0.2, 0.25) is 0 Å². The van der Waals surface area contributed by atoms with Crippen molar-refractivity contribution in [1.29, 1.82) is 0 Å². The van der Waals surface area contributed by atoms with Gasteiger partial charge in [-0.15, -0.1) is 0 Å². The molecule has 0 amide bonds. The topological polar surface area (TPSA) is 12.0 Å². The molecule has 3 heteroatoms. The quantitative estimate of drug-likeness (QED) is 0.893. The monoisotopic (exact) mass is 269 g/mol. The van der Waals surface area contributed by atoms with E-state index in [-0.39, 0.29) is 0 Å². The lowest BCUT2D eigenvalue weighted by Gasteiger charge is -2.26. The van der Waals surface area contributed by atoms with E-state index in [0.717, 1.165) is 11.4 Å². The van der Waals surface area contributed by atoms with Crippen LogP contribution >= 0.6 is 23.4 Å². The van der Waals surface area contributed by atoms with Crippen molar-refractivity contribution in [2.24, 2.45) is 0 Å². The van der Waals surface area contributed by atoms with Crippen molar-refractivity contribution in [3.63, 3.8) is 0 Å². The Kier molecular flexibility index (Phi) is 5.20. The van der Waals surface area contributed by atoms with Crippen molar-refractivity contribution in [2.75, 3.05) is 11.5 Å². The Morgan fingerprint density at radius 2 is 2.18 bits per heavy atom. The number of halogens is 1. The molecule has 1 atom stereocenters. The van der Waals surface area contributed by atoms with E-state index in [9.17, 15) is 0 Å². The fourth-order valence-electron chi connectivity index (χ4n) is 2.34. The molecule has 1 aromatic rings. The summed E-state index contributed by atoms with van der Waals surface area (Å²) in [5, 5.41) is 4.57. The van der Waals surface area contributed by atoms with Gasteiger partial charge >= 0.3 is 0 Å². The van der Waals surface area contributed by atoms with Crippen molar-refractivity contribution >= 4 is 23.4 Å². The molecule has 1 N–H and O–H groups in total. The van der Waals surface area contributed by atoms with Gasteiger partial charge in [-0.1, -0.05) is 23.7 Å². The van der Waals surface area contributed by atoms with Gasteiger partial charge in [-0.05, 0) is 55.4 Å². The highest BCUT2D eigenvalue weighted by Gasteiger charge is 2.15. The van der Waals surface area contributed by atoms with Crippen molar-refractivity contribution in [3.05, 3.63) is 34.9 Å². The number of nitrogens with one attached hydrogen (secondary N) is 1. The molecule has 1 nitrogen and oxygen atoms in total. The molecule has 1 unspecified atom stereocenters. The lowest BCUT2D eigenvalue weighted by molar-refractivity contribution is 0.421. The second-order valence-electron chi connectivity index (χ2n) is 4.79. The zero-order valence-electron chi connectivity index (χ0n) is 10.3. The van der Waals surface area contributed by atoms with Crippen LogP contribution in [0.2, 0.25) is 5.02 Å². The number of thioether (sulfide) groups is 1. The van der Waals surface area contributed by atoms with Crippen LogP contribution in [0.5, 0.6) is 0 Å². The zero-order chi connectivity index (χ0) is 12.1. The first-order chi connectivity index (χ1) is 8.24. The smallest absolute Gasteiger partial charge is 0.0408 e. The number of hydrogen-bond acceptors (Lipinski definition) is 2. The Morgan fingerprint density at radius 3 is 2.88 bits per heavy atom. The number of rotatable bonds is 4. The predicted molar refractivity (Wildman–Crippen MR) is 78.1 cm³/mol. The van der Waals surface area contributed by atoms with Crippen LogP contribution in [0.1, 0.15) is 25.3 Å². The maximum absolute atomic E-state index is 6.00. The van der Waals surface area contributed by atoms with Gasteiger partial charge in [0.1, 0.15) is 0 Å². The first-order valence-corrected chi connectivity index (χ1v) is 7.85. The van der Waals surface area contributed by atoms with Gasteiger partial charge in [0.05, 0.1) is 0 Å². The third-order valence-electron chi connectivity index (χ3n) is 3.17. The zero-order valence-corrected chi connectivity index (χ0v) is 11.9. The summed E-state index contributed by atoms with van der Waals surface area (Å²) in [4.78, 5) is 0. The first-order valence-electron chi connectivity index (χ1n) is 6.32. The Bertz CT molecular complexity index is 350. The summed E-state index contributed by atoms with van der Waals surface area (Å²) in [7, 11) is 0. The second kappa shape index (κ2) is 6.67. The van der Waals surface area contributed by atoms with E-state index in [1.807, 2.05) is 12.1 Å². The van der Waals surface area contributed by atoms with Crippen molar-refractivity contribution in [1.82, 2.24) is 5.32 Å². The standard InChI is InChI=1S/C14H20ClNS/c1-11(16-14-5-7-17-8-6-14)9-12-3-2-4-13(15)10-12/h2-4,10-11,14,16H,5-9H2,1H3. The van der Waals surface area contributed by atoms with Crippen LogP contribution < -0.4 is 5.32 Å². The lowest BCUT2D eigenvalue weighted by atomic mass is 10.0. The van der Waals surface area contributed by atoms with E-state index in [1.165, 1.54) is 29.9 Å². The Labute approximate surface area is 113 Å². The van der Waals surface area contributed by atoms with Crippen molar-refractivity contribution < 1.29 is 0 Å². The SMILES string of the molecule is CC(Cc1cccc(Cl)c1)NC1CCSCC1. The average Bonchev–Trinajstić information content (AvgIpc) is 2.30. The minimum Gasteiger partial charge on any atom is -0.311 e. The molecule has 1 aliphatic rings. The van der Waals surface area contributed by atoms with Crippen molar-refractivity contribution in [3.8, 4) is 0 Å². The summed E-state index contributed by atoms with van der Waals surface area (Å²) in [6, 6.07) is 9.42. The van der Waals surface area contributed by atoms with Crippen LogP contribution in [0.4, 0.5) is 0 Å². The molecule has 1 fully saturated rings. The van der Waals surface area contributed by atoms with Crippen molar-refractivity contribution in [2.45, 2.75) is 38.3 Å². The van der Waals surface area contributed by atoms with E-state index in [0.29, 0.717) is 12.1 Å². The fraction of sp³-hybridized carbons (Fsp3) is 0.571. The predicted octanol–water partition coefficient (Wildman–Crippen LogP) is 3.76. The van der Waals surface area contributed by atoms with Gasteiger partial charge in [0.15, 0.2) is 0 Å². The maximum atomic E-state index is 6.00. The first kappa shape index (κ1) is 13.3. The van der Waals surface area contributed by atoms with E-state index in [2.05, 4.69) is 36.1 Å². The van der Waals surface area contributed by atoms with E-state index >= 15 is 0 Å². The molecule has 1 saturated heterocycles. The van der Waals surface area contributed by atoms with Gasteiger partial charge < -0.3 is 5.32 Å². The summed E-state index contributed by atoms with van der Waals surface area (Å²) >= 11 is 8.07. The van der Waals surface area contributed by atoms with Crippen LogP contribution in [-0.2, 0) is 6.42 Å². The van der Waals surface area contributed by atoms with E-state index < -0.39 is 0 Å². The Hall–Kier alpha value is -0.180. The Balaban J connectivity index is 1.82. The number of benzene rings is 1. The minimum absolute atomic E-state index is 0.529. The van der Waals surface area contributed by atoms with Crippen LogP contribution in [0, 0.1) is 0 Å². The summed E-state index contributed by atoms with van der Waals surface area (Å²) in [6.45, 7) is 2.27. The van der Waals surface area contributed by atoms with Gasteiger partial charge in [0.25, 0.3) is 0 Å². The van der Waals surface area contributed by atoms with Crippen LogP contribution in [0.3, 0.4) is 0 Å². The van der Waals surface area contributed by atoms with Crippen LogP contribution in [-0.4, -0.2) is 23.6 Å². The second-order valence-corrected chi connectivity index (χ2v) is 6.45. The summed E-state index contributed by atoms with van der Waals surface area (Å²) in [5.41, 5.74) is 1.32. The molecule has 0 radical (unpaired) electrons. The third kappa shape index (κ3) is 4.53.